The predicted molar refractivity (Wildman–Crippen MR) is 58.2 cm³/mol. The monoisotopic (exact) mass is 293 g/mol. The molecule has 0 fully saturated rings. The van der Waals surface area contributed by atoms with Gasteiger partial charge in [-0.25, -0.2) is 4.39 Å². The number of anilines is 1. The molecule has 4 heteroatoms. The highest BCUT2D eigenvalue weighted by Crippen LogP contribution is 2.22. The molecule has 0 saturated heterocycles. The second-order valence-electron chi connectivity index (χ2n) is 2.72. The summed E-state index contributed by atoms with van der Waals surface area (Å²) in [4.78, 5) is 10.7. The first-order valence-electron chi connectivity index (χ1n) is 3.74. The van der Waals surface area contributed by atoms with Crippen LogP contribution < -0.4 is 5.32 Å². The summed E-state index contributed by atoms with van der Waals surface area (Å²) in [5, 5.41) is 2.56. The number of carbonyl (C=O) groups excluding carboxylic acids is 1. The van der Waals surface area contributed by atoms with Crippen LogP contribution in [0.15, 0.2) is 12.1 Å². The fourth-order valence-electron chi connectivity index (χ4n) is 0.977. The van der Waals surface area contributed by atoms with E-state index in [2.05, 4.69) is 5.32 Å². The van der Waals surface area contributed by atoms with Crippen LogP contribution in [0.25, 0.3) is 0 Å². The summed E-state index contributed by atoms with van der Waals surface area (Å²) < 4.78 is 13.8. The van der Waals surface area contributed by atoms with Crippen LogP contribution in [0.3, 0.4) is 0 Å². The van der Waals surface area contributed by atoms with Crippen LogP contribution in [0.2, 0.25) is 0 Å². The number of rotatable bonds is 1. The van der Waals surface area contributed by atoms with Gasteiger partial charge in [-0.2, -0.15) is 0 Å². The van der Waals surface area contributed by atoms with E-state index in [0.717, 1.165) is 0 Å². The topological polar surface area (TPSA) is 29.1 Å². The van der Waals surface area contributed by atoms with E-state index >= 15 is 0 Å². The Morgan fingerprint density at radius 1 is 1.54 bits per heavy atom. The molecular weight excluding hydrogens is 284 g/mol. The molecule has 1 aromatic rings. The Bertz CT molecular complexity index is 352. The van der Waals surface area contributed by atoms with E-state index in [9.17, 15) is 9.18 Å². The third-order valence-corrected chi connectivity index (χ3v) is 2.48. The first-order valence-corrected chi connectivity index (χ1v) is 4.82. The van der Waals surface area contributed by atoms with E-state index in [1.165, 1.54) is 6.92 Å². The predicted octanol–water partition coefficient (Wildman–Crippen LogP) is 2.70. The molecule has 0 spiro atoms. The molecular formula is C9H9FINO. The van der Waals surface area contributed by atoms with Gasteiger partial charge in [0.1, 0.15) is 5.82 Å². The van der Waals surface area contributed by atoms with Crippen LogP contribution >= 0.6 is 22.6 Å². The van der Waals surface area contributed by atoms with Gasteiger partial charge in [-0.15, -0.1) is 0 Å². The number of amides is 1. The van der Waals surface area contributed by atoms with Crippen molar-refractivity contribution in [2.45, 2.75) is 13.8 Å². The van der Waals surface area contributed by atoms with Crippen molar-refractivity contribution < 1.29 is 9.18 Å². The largest absolute Gasteiger partial charge is 0.326 e. The zero-order valence-corrected chi connectivity index (χ0v) is 9.48. The molecule has 1 N–H and O–H groups in total. The van der Waals surface area contributed by atoms with E-state index in [1.54, 1.807) is 19.1 Å². The summed E-state index contributed by atoms with van der Waals surface area (Å²) in [5.41, 5.74) is 1.01. The first kappa shape index (κ1) is 10.4. The molecule has 1 rings (SSSR count). The summed E-state index contributed by atoms with van der Waals surface area (Å²) in [5.74, 6) is -0.462. The van der Waals surface area contributed by atoms with Crippen molar-refractivity contribution in [2.24, 2.45) is 0 Å². The van der Waals surface area contributed by atoms with Crippen molar-refractivity contribution in [1.29, 1.82) is 0 Å². The Kier molecular flexibility index (Phi) is 3.24. The average molecular weight is 293 g/mol. The molecule has 13 heavy (non-hydrogen) atoms. The Morgan fingerprint density at radius 2 is 2.15 bits per heavy atom. The normalized spacial score (nSPS) is 9.85. The molecule has 1 amide bonds. The van der Waals surface area contributed by atoms with E-state index in [0.29, 0.717) is 14.8 Å². The van der Waals surface area contributed by atoms with Crippen LogP contribution in [0.4, 0.5) is 10.1 Å². The lowest BCUT2D eigenvalue weighted by atomic mass is 10.2. The van der Waals surface area contributed by atoms with Crippen LogP contribution in [0.5, 0.6) is 0 Å². The molecule has 0 unspecified atom stereocenters. The van der Waals surface area contributed by atoms with Crippen molar-refractivity contribution in [3.63, 3.8) is 0 Å². The maximum absolute atomic E-state index is 13.3. The molecule has 0 atom stereocenters. The van der Waals surface area contributed by atoms with Gasteiger partial charge >= 0.3 is 0 Å². The summed E-state index contributed by atoms with van der Waals surface area (Å²) >= 11 is 1.91. The second-order valence-corrected chi connectivity index (χ2v) is 3.88. The van der Waals surface area contributed by atoms with Crippen LogP contribution in [-0.2, 0) is 4.79 Å². The smallest absolute Gasteiger partial charge is 0.221 e. The van der Waals surface area contributed by atoms with Crippen molar-refractivity contribution in [2.75, 3.05) is 5.32 Å². The summed E-state index contributed by atoms with van der Waals surface area (Å²) in [7, 11) is 0. The molecule has 1 aromatic carbocycles. The van der Waals surface area contributed by atoms with Gasteiger partial charge in [0.15, 0.2) is 0 Å². The minimum atomic E-state index is -0.271. The quantitative estimate of drug-likeness (QED) is 0.793. The molecule has 0 saturated carbocycles. The van der Waals surface area contributed by atoms with Gasteiger partial charge in [0.05, 0.1) is 0 Å². The van der Waals surface area contributed by atoms with Gasteiger partial charge in [-0.05, 0) is 41.6 Å². The van der Waals surface area contributed by atoms with E-state index in [1.807, 2.05) is 22.6 Å². The Labute approximate surface area is 89.7 Å². The Morgan fingerprint density at radius 3 is 2.69 bits per heavy atom. The number of nitrogens with one attached hydrogen (secondary N) is 1. The van der Waals surface area contributed by atoms with Gasteiger partial charge in [0, 0.05) is 21.7 Å². The molecule has 0 heterocycles. The van der Waals surface area contributed by atoms with Crippen molar-refractivity contribution in [3.05, 3.63) is 27.1 Å². The molecule has 70 valence electrons. The maximum Gasteiger partial charge on any atom is 0.221 e. The van der Waals surface area contributed by atoms with Gasteiger partial charge in [0.2, 0.25) is 5.91 Å². The lowest BCUT2D eigenvalue weighted by molar-refractivity contribution is -0.114. The van der Waals surface area contributed by atoms with Gasteiger partial charge in [0.25, 0.3) is 0 Å². The average Bonchev–Trinajstić information content (AvgIpc) is 2.06. The highest BCUT2D eigenvalue weighted by molar-refractivity contribution is 14.1. The molecule has 0 aliphatic carbocycles. The minimum Gasteiger partial charge on any atom is -0.326 e. The highest BCUT2D eigenvalue weighted by atomic mass is 127. The van der Waals surface area contributed by atoms with Crippen molar-refractivity contribution in [3.8, 4) is 0 Å². The molecule has 0 bridgehead atoms. The summed E-state index contributed by atoms with van der Waals surface area (Å²) in [6, 6.07) is 3.33. The molecule has 0 aromatic heterocycles. The number of benzene rings is 1. The van der Waals surface area contributed by atoms with Crippen molar-refractivity contribution >= 4 is 34.2 Å². The van der Waals surface area contributed by atoms with Gasteiger partial charge in [-0.1, -0.05) is 0 Å². The van der Waals surface area contributed by atoms with Gasteiger partial charge in [-0.3, -0.25) is 4.79 Å². The zero-order chi connectivity index (χ0) is 10.0. The third kappa shape index (κ3) is 2.40. The minimum absolute atomic E-state index is 0.191. The second kappa shape index (κ2) is 4.04. The van der Waals surface area contributed by atoms with Crippen LogP contribution in [0.1, 0.15) is 12.5 Å². The third-order valence-electron chi connectivity index (χ3n) is 1.65. The Hall–Kier alpha value is -0.650. The van der Waals surface area contributed by atoms with Gasteiger partial charge < -0.3 is 5.32 Å². The highest BCUT2D eigenvalue weighted by Gasteiger charge is 2.07. The fraction of sp³-hybridized carbons (Fsp3) is 0.222. The summed E-state index contributed by atoms with van der Waals surface area (Å²) in [6.07, 6.45) is 0. The summed E-state index contributed by atoms with van der Waals surface area (Å²) in [6.45, 7) is 3.04. The number of halogens is 2. The lowest BCUT2D eigenvalue weighted by Gasteiger charge is -2.07. The van der Waals surface area contributed by atoms with E-state index < -0.39 is 0 Å². The lowest BCUT2D eigenvalue weighted by Crippen LogP contribution is -2.08. The zero-order valence-electron chi connectivity index (χ0n) is 7.32. The standard InChI is InChI=1S/C9H9FINO/c1-5-8(12-6(2)13)4-3-7(11)9(5)10/h3-4H,1-2H3,(H,12,13). The van der Waals surface area contributed by atoms with Crippen LogP contribution in [-0.4, -0.2) is 5.91 Å². The molecule has 0 aliphatic heterocycles. The van der Waals surface area contributed by atoms with E-state index in [-0.39, 0.29) is 11.7 Å². The molecule has 2 nitrogen and oxygen atoms in total. The maximum atomic E-state index is 13.3. The van der Waals surface area contributed by atoms with Crippen LogP contribution in [0, 0.1) is 16.3 Å². The van der Waals surface area contributed by atoms with E-state index in [4.69, 9.17) is 0 Å². The van der Waals surface area contributed by atoms with Crippen molar-refractivity contribution in [1.82, 2.24) is 0 Å². The number of carbonyl (C=O) groups is 1. The molecule has 0 radical (unpaired) electrons. The number of hydrogen-bond donors (Lipinski definition) is 1. The number of hydrogen-bond acceptors (Lipinski definition) is 1. The fourth-order valence-corrected chi connectivity index (χ4v) is 1.56. The molecule has 0 aliphatic rings. The SMILES string of the molecule is CC(=O)Nc1ccc(I)c(F)c1C. The Balaban J connectivity index is 3.10. The first-order chi connectivity index (χ1) is 6.02.